The molecule has 0 aromatic heterocycles. The average Bonchev–Trinajstić information content (AvgIpc) is 2.34. The van der Waals surface area contributed by atoms with Gasteiger partial charge in [0.25, 0.3) is 0 Å². The van der Waals surface area contributed by atoms with Gasteiger partial charge >= 0.3 is 0 Å². The van der Waals surface area contributed by atoms with E-state index in [-0.39, 0.29) is 0 Å². The molecule has 1 aliphatic carbocycles. The van der Waals surface area contributed by atoms with E-state index < -0.39 is 0 Å². The first-order valence-corrected chi connectivity index (χ1v) is 4.43. The summed E-state index contributed by atoms with van der Waals surface area (Å²) in [5.74, 6) is 1.72. The lowest BCUT2D eigenvalue weighted by Crippen LogP contribution is -2.07. The first kappa shape index (κ1) is 7.84. The molecule has 1 rings (SSSR count). The quantitative estimate of drug-likeness (QED) is 0.513. The summed E-state index contributed by atoms with van der Waals surface area (Å²) >= 11 is 0. The Morgan fingerprint density at radius 2 is 2.40 bits per heavy atom. The lowest BCUT2D eigenvalue weighted by Gasteiger charge is -2.17. The maximum Gasteiger partial charge on any atom is -0.0180 e. The summed E-state index contributed by atoms with van der Waals surface area (Å²) in [6.07, 6.45) is 5.38. The van der Waals surface area contributed by atoms with Crippen molar-refractivity contribution in [1.29, 1.82) is 0 Å². The van der Waals surface area contributed by atoms with Crippen LogP contribution < -0.4 is 0 Å². The highest BCUT2D eigenvalue weighted by Crippen LogP contribution is 2.36. The van der Waals surface area contributed by atoms with E-state index in [1.54, 1.807) is 0 Å². The predicted octanol–water partition coefficient (Wildman–Crippen LogP) is 3.39. The van der Waals surface area contributed by atoms with E-state index >= 15 is 0 Å². The zero-order chi connectivity index (χ0) is 7.56. The van der Waals surface area contributed by atoms with Crippen molar-refractivity contribution in [3.63, 3.8) is 0 Å². The summed E-state index contributed by atoms with van der Waals surface area (Å²) in [6.45, 7) is 8.73. The van der Waals surface area contributed by atoms with Crippen LogP contribution in [0.15, 0.2) is 12.2 Å². The Hall–Kier alpha value is -0.260. The third-order valence-electron chi connectivity index (χ3n) is 2.87. The monoisotopic (exact) mass is 138 g/mol. The molecule has 0 aliphatic heterocycles. The molecular formula is C10H18. The molecule has 0 heterocycles. The normalized spacial score (nSPS) is 29.0. The lowest BCUT2D eigenvalue weighted by molar-refractivity contribution is 0.406. The van der Waals surface area contributed by atoms with Crippen molar-refractivity contribution in [1.82, 2.24) is 0 Å². The molecule has 1 saturated carbocycles. The predicted molar refractivity (Wildman–Crippen MR) is 45.9 cm³/mol. The molecular weight excluding hydrogens is 120 g/mol. The minimum atomic E-state index is 0.852. The minimum Gasteiger partial charge on any atom is -0.0996 e. The van der Waals surface area contributed by atoms with Gasteiger partial charge in [0.15, 0.2) is 0 Å². The standard InChI is InChI=1S/C10H18/c1-4-8(2)10-7-5-6-9(10)3/h8,10H,3-7H2,1-2H3. The third kappa shape index (κ3) is 1.42. The Bertz CT molecular complexity index is 124. The highest BCUT2D eigenvalue weighted by Gasteiger charge is 2.23. The van der Waals surface area contributed by atoms with Gasteiger partial charge in [-0.05, 0) is 31.1 Å². The van der Waals surface area contributed by atoms with Gasteiger partial charge in [0, 0.05) is 0 Å². The van der Waals surface area contributed by atoms with Crippen molar-refractivity contribution >= 4 is 0 Å². The minimum absolute atomic E-state index is 0.852. The Morgan fingerprint density at radius 1 is 1.70 bits per heavy atom. The van der Waals surface area contributed by atoms with Crippen LogP contribution in [-0.4, -0.2) is 0 Å². The highest BCUT2D eigenvalue weighted by atomic mass is 14.3. The fourth-order valence-corrected chi connectivity index (χ4v) is 1.91. The molecule has 0 aromatic rings. The molecule has 0 bridgehead atoms. The molecule has 0 spiro atoms. The third-order valence-corrected chi connectivity index (χ3v) is 2.87. The van der Waals surface area contributed by atoms with E-state index in [2.05, 4.69) is 20.4 Å². The second kappa shape index (κ2) is 3.23. The number of allylic oxidation sites excluding steroid dienone is 1. The van der Waals surface area contributed by atoms with Crippen LogP contribution in [0.1, 0.15) is 39.5 Å². The van der Waals surface area contributed by atoms with Gasteiger partial charge in [-0.25, -0.2) is 0 Å². The molecule has 0 radical (unpaired) electrons. The van der Waals surface area contributed by atoms with Gasteiger partial charge < -0.3 is 0 Å². The maximum atomic E-state index is 4.10. The Kier molecular flexibility index (Phi) is 2.53. The molecule has 1 aliphatic rings. The van der Waals surface area contributed by atoms with Gasteiger partial charge in [-0.15, -0.1) is 0 Å². The van der Waals surface area contributed by atoms with Crippen LogP contribution in [0.5, 0.6) is 0 Å². The van der Waals surface area contributed by atoms with E-state index in [4.69, 9.17) is 0 Å². The molecule has 0 heteroatoms. The first-order chi connectivity index (χ1) is 4.75. The summed E-state index contributed by atoms with van der Waals surface area (Å²) in [6, 6.07) is 0. The molecule has 0 saturated heterocycles. The van der Waals surface area contributed by atoms with Crippen LogP contribution in [0.2, 0.25) is 0 Å². The Labute approximate surface area is 64.3 Å². The van der Waals surface area contributed by atoms with Crippen LogP contribution in [0.25, 0.3) is 0 Å². The van der Waals surface area contributed by atoms with Crippen LogP contribution in [0.3, 0.4) is 0 Å². The maximum absolute atomic E-state index is 4.10. The molecule has 0 amide bonds. The fraction of sp³-hybridized carbons (Fsp3) is 0.800. The van der Waals surface area contributed by atoms with E-state index in [9.17, 15) is 0 Å². The molecule has 0 nitrogen and oxygen atoms in total. The molecule has 10 heavy (non-hydrogen) atoms. The van der Waals surface area contributed by atoms with E-state index in [0.717, 1.165) is 11.8 Å². The van der Waals surface area contributed by atoms with Gasteiger partial charge in [-0.3, -0.25) is 0 Å². The van der Waals surface area contributed by atoms with Gasteiger partial charge in [0.05, 0.1) is 0 Å². The summed E-state index contributed by atoms with van der Waals surface area (Å²) < 4.78 is 0. The SMILES string of the molecule is C=C1CCCC1C(C)CC. The molecule has 2 unspecified atom stereocenters. The van der Waals surface area contributed by atoms with Gasteiger partial charge in [-0.2, -0.15) is 0 Å². The van der Waals surface area contributed by atoms with Crippen LogP contribution in [0.4, 0.5) is 0 Å². The largest absolute Gasteiger partial charge is 0.0996 e. The zero-order valence-electron chi connectivity index (χ0n) is 7.19. The second-order valence-electron chi connectivity index (χ2n) is 3.54. The van der Waals surface area contributed by atoms with E-state index in [1.165, 1.54) is 31.3 Å². The van der Waals surface area contributed by atoms with Gasteiger partial charge in [-0.1, -0.05) is 32.4 Å². The number of hydrogen-bond acceptors (Lipinski definition) is 0. The number of hydrogen-bond donors (Lipinski definition) is 0. The van der Waals surface area contributed by atoms with Gasteiger partial charge in [0.1, 0.15) is 0 Å². The summed E-state index contributed by atoms with van der Waals surface area (Å²) in [5.41, 5.74) is 1.51. The lowest BCUT2D eigenvalue weighted by atomic mass is 9.88. The second-order valence-corrected chi connectivity index (χ2v) is 3.54. The molecule has 58 valence electrons. The van der Waals surface area contributed by atoms with Gasteiger partial charge in [0.2, 0.25) is 0 Å². The van der Waals surface area contributed by atoms with E-state index in [1.807, 2.05) is 0 Å². The topological polar surface area (TPSA) is 0 Å². The molecule has 2 atom stereocenters. The van der Waals surface area contributed by atoms with Crippen molar-refractivity contribution in [2.75, 3.05) is 0 Å². The highest BCUT2D eigenvalue weighted by molar-refractivity contribution is 5.06. The van der Waals surface area contributed by atoms with Crippen LogP contribution >= 0.6 is 0 Å². The summed E-state index contributed by atoms with van der Waals surface area (Å²) in [4.78, 5) is 0. The van der Waals surface area contributed by atoms with Crippen molar-refractivity contribution in [3.8, 4) is 0 Å². The molecule has 0 aromatic carbocycles. The Morgan fingerprint density at radius 3 is 2.80 bits per heavy atom. The summed E-state index contributed by atoms with van der Waals surface area (Å²) in [7, 11) is 0. The van der Waals surface area contributed by atoms with Crippen molar-refractivity contribution < 1.29 is 0 Å². The molecule has 1 fully saturated rings. The van der Waals surface area contributed by atoms with E-state index in [0.29, 0.717) is 0 Å². The summed E-state index contributed by atoms with van der Waals surface area (Å²) in [5, 5.41) is 0. The van der Waals surface area contributed by atoms with Crippen molar-refractivity contribution in [3.05, 3.63) is 12.2 Å². The average molecular weight is 138 g/mol. The van der Waals surface area contributed by atoms with Crippen molar-refractivity contribution in [2.45, 2.75) is 39.5 Å². The zero-order valence-corrected chi connectivity index (χ0v) is 7.19. The van der Waals surface area contributed by atoms with Crippen LogP contribution in [0, 0.1) is 11.8 Å². The molecule has 0 N–H and O–H groups in total. The smallest absolute Gasteiger partial charge is 0.0180 e. The van der Waals surface area contributed by atoms with Crippen LogP contribution in [-0.2, 0) is 0 Å². The fourth-order valence-electron chi connectivity index (χ4n) is 1.91. The first-order valence-electron chi connectivity index (χ1n) is 4.43. The van der Waals surface area contributed by atoms with Crippen molar-refractivity contribution in [2.24, 2.45) is 11.8 Å². The Balaban J connectivity index is 2.46. The number of rotatable bonds is 2.